The van der Waals surface area contributed by atoms with Crippen molar-refractivity contribution in [3.8, 4) is 11.5 Å². The summed E-state index contributed by atoms with van der Waals surface area (Å²) in [7, 11) is 0. The number of anilines is 1. The van der Waals surface area contributed by atoms with E-state index in [1.807, 2.05) is 24.3 Å². The minimum absolute atomic E-state index is 0.0643. The average Bonchev–Trinajstić information content (AvgIpc) is 2.49. The van der Waals surface area contributed by atoms with Crippen LogP contribution in [0.1, 0.15) is 17.9 Å². The van der Waals surface area contributed by atoms with Crippen molar-refractivity contribution >= 4 is 23.2 Å². The second kappa shape index (κ2) is 5.66. The van der Waals surface area contributed by atoms with Crippen LogP contribution in [-0.2, 0) is 4.79 Å². The van der Waals surface area contributed by atoms with Gasteiger partial charge < -0.3 is 15.2 Å². The van der Waals surface area contributed by atoms with Crippen LogP contribution in [0.25, 0.3) is 0 Å². The molecule has 21 heavy (non-hydrogen) atoms. The summed E-state index contributed by atoms with van der Waals surface area (Å²) in [5.41, 5.74) is 1.37. The fraction of sp³-hybridized carbons (Fsp3) is 0.188. The van der Waals surface area contributed by atoms with Gasteiger partial charge in [-0.25, -0.2) is 0 Å². The van der Waals surface area contributed by atoms with Gasteiger partial charge in [-0.15, -0.1) is 0 Å². The molecule has 0 bridgehead atoms. The Morgan fingerprint density at radius 2 is 2.10 bits per heavy atom. The second-order valence-corrected chi connectivity index (χ2v) is 5.29. The van der Waals surface area contributed by atoms with Crippen LogP contribution >= 0.6 is 11.6 Å². The van der Waals surface area contributed by atoms with Gasteiger partial charge in [-0.05, 0) is 24.6 Å². The van der Waals surface area contributed by atoms with Crippen molar-refractivity contribution in [3.05, 3.63) is 53.1 Å². The van der Waals surface area contributed by atoms with Crippen LogP contribution in [0.2, 0.25) is 5.02 Å². The summed E-state index contributed by atoms with van der Waals surface area (Å²) in [6.07, 6.45) is 0.624. The fourth-order valence-electron chi connectivity index (χ4n) is 2.44. The molecular weight excluding hydrogens is 290 g/mol. The number of halogens is 1. The number of para-hydroxylation sites is 1. The molecule has 1 amide bonds. The topological polar surface area (TPSA) is 58.6 Å². The van der Waals surface area contributed by atoms with Crippen LogP contribution in [-0.4, -0.2) is 17.6 Å². The maximum atomic E-state index is 12.5. The maximum Gasteiger partial charge on any atom is 0.232 e. The van der Waals surface area contributed by atoms with E-state index >= 15 is 0 Å². The molecule has 0 spiro atoms. The SMILES string of the molecule is O=C(Nc1ccc(O)cc1Cl)C1CCOc2ccccc21. The third-order valence-corrected chi connectivity index (χ3v) is 3.80. The van der Waals surface area contributed by atoms with E-state index < -0.39 is 0 Å². The normalized spacial score (nSPS) is 16.7. The number of fused-ring (bicyclic) bond motifs is 1. The van der Waals surface area contributed by atoms with Gasteiger partial charge in [0.05, 0.1) is 23.2 Å². The molecule has 1 heterocycles. The average molecular weight is 304 g/mol. The molecule has 2 N–H and O–H groups in total. The van der Waals surface area contributed by atoms with Crippen LogP contribution in [0, 0.1) is 0 Å². The predicted octanol–water partition coefficient (Wildman–Crippen LogP) is 3.55. The Labute approximate surface area is 127 Å². The van der Waals surface area contributed by atoms with E-state index in [1.54, 1.807) is 6.07 Å². The molecule has 2 aromatic rings. The predicted molar refractivity (Wildman–Crippen MR) is 81.0 cm³/mol. The zero-order valence-corrected chi connectivity index (χ0v) is 11.9. The summed E-state index contributed by atoms with van der Waals surface area (Å²) in [6.45, 7) is 0.512. The van der Waals surface area contributed by atoms with Crippen LogP contribution in [0.15, 0.2) is 42.5 Å². The monoisotopic (exact) mass is 303 g/mol. The first-order valence-electron chi connectivity index (χ1n) is 6.66. The van der Waals surface area contributed by atoms with E-state index in [0.717, 1.165) is 11.3 Å². The molecule has 1 aliphatic rings. The fourth-order valence-corrected chi connectivity index (χ4v) is 2.66. The van der Waals surface area contributed by atoms with E-state index in [9.17, 15) is 9.90 Å². The molecule has 0 aromatic heterocycles. The first-order chi connectivity index (χ1) is 10.1. The molecule has 2 aromatic carbocycles. The van der Waals surface area contributed by atoms with Gasteiger partial charge in [-0.1, -0.05) is 29.8 Å². The molecule has 0 saturated heterocycles. The largest absolute Gasteiger partial charge is 0.508 e. The maximum absolute atomic E-state index is 12.5. The highest BCUT2D eigenvalue weighted by molar-refractivity contribution is 6.33. The highest BCUT2D eigenvalue weighted by Gasteiger charge is 2.27. The molecule has 5 heteroatoms. The summed E-state index contributed by atoms with van der Waals surface area (Å²) >= 11 is 6.01. The lowest BCUT2D eigenvalue weighted by molar-refractivity contribution is -0.118. The van der Waals surface area contributed by atoms with Gasteiger partial charge in [0.25, 0.3) is 0 Å². The molecule has 0 fully saturated rings. The number of carbonyl (C=O) groups excluding carboxylic acids is 1. The molecule has 108 valence electrons. The number of hydrogen-bond donors (Lipinski definition) is 2. The number of ether oxygens (including phenoxy) is 1. The Kier molecular flexibility index (Phi) is 3.71. The Hall–Kier alpha value is -2.20. The Morgan fingerprint density at radius 1 is 1.29 bits per heavy atom. The quantitative estimate of drug-likeness (QED) is 0.834. The molecular formula is C16H14ClNO3. The third kappa shape index (κ3) is 2.81. The standard InChI is InChI=1S/C16H14ClNO3/c17-13-9-10(19)5-6-14(13)18-16(20)12-7-8-21-15-4-2-1-3-11(12)15/h1-6,9,12,19H,7-8H2,(H,18,20). The van der Waals surface area contributed by atoms with Crippen molar-refractivity contribution in [3.63, 3.8) is 0 Å². The van der Waals surface area contributed by atoms with E-state index in [0.29, 0.717) is 23.7 Å². The number of aromatic hydroxyl groups is 1. The van der Waals surface area contributed by atoms with E-state index in [2.05, 4.69) is 5.32 Å². The minimum Gasteiger partial charge on any atom is -0.508 e. The summed E-state index contributed by atoms with van der Waals surface area (Å²) in [5.74, 6) is 0.424. The van der Waals surface area contributed by atoms with Gasteiger partial charge in [-0.3, -0.25) is 4.79 Å². The van der Waals surface area contributed by atoms with Gasteiger partial charge in [-0.2, -0.15) is 0 Å². The van der Waals surface area contributed by atoms with Crippen molar-refractivity contribution in [1.82, 2.24) is 0 Å². The van der Waals surface area contributed by atoms with Gasteiger partial charge in [0.15, 0.2) is 0 Å². The zero-order valence-electron chi connectivity index (χ0n) is 11.2. The lowest BCUT2D eigenvalue weighted by Gasteiger charge is -2.25. The van der Waals surface area contributed by atoms with Crippen LogP contribution in [0.4, 0.5) is 5.69 Å². The number of hydrogen-bond acceptors (Lipinski definition) is 3. The van der Waals surface area contributed by atoms with Gasteiger partial charge in [0.2, 0.25) is 5.91 Å². The highest BCUT2D eigenvalue weighted by atomic mass is 35.5. The van der Waals surface area contributed by atoms with Gasteiger partial charge >= 0.3 is 0 Å². The number of rotatable bonds is 2. The lowest BCUT2D eigenvalue weighted by atomic mass is 9.92. The Morgan fingerprint density at radius 3 is 2.90 bits per heavy atom. The minimum atomic E-state index is -0.264. The number of nitrogens with one attached hydrogen (secondary N) is 1. The smallest absolute Gasteiger partial charge is 0.232 e. The number of phenolic OH excluding ortho intramolecular Hbond substituents is 1. The Bertz CT molecular complexity index is 687. The highest BCUT2D eigenvalue weighted by Crippen LogP contribution is 2.35. The first-order valence-corrected chi connectivity index (χ1v) is 7.04. The summed E-state index contributed by atoms with van der Waals surface area (Å²) in [4.78, 5) is 12.5. The molecule has 1 atom stereocenters. The van der Waals surface area contributed by atoms with E-state index in [1.165, 1.54) is 12.1 Å². The molecule has 1 aliphatic heterocycles. The first kappa shape index (κ1) is 13.8. The van der Waals surface area contributed by atoms with Crippen molar-refractivity contribution in [2.24, 2.45) is 0 Å². The second-order valence-electron chi connectivity index (χ2n) is 4.88. The number of phenols is 1. The van der Waals surface area contributed by atoms with Crippen LogP contribution < -0.4 is 10.1 Å². The van der Waals surface area contributed by atoms with Gasteiger partial charge in [0, 0.05) is 11.6 Å². The van der Waals surface area contributed by atoms with Crippen molar-refractivity contribution in [2.45, 2.75) is 12.3 Å². The van der Waals surface area contributed by atoms with Crippen molar-refractivity contribution < 1.29 is 14.6 Å². The van der Waals surface area contributed by atoms with Crippen LogP contribution in [0.5, 0.6) is 11.5 Å². The summed E-state index contributed by atoms with van der Waals surface area (Å²) in [6, 6.07) is 12.0. The molecule has 0 aliphatic carbocycles. The molecule has 0 saturated carbocycles. The van der Waals surface area contributed by atoms with Gasteiger partial charge in [0.1, 0.15) is 11.5 Å². The number of amides is 1. The molecule has 3 rings (SSSR count). The van der Waals surface area contributed by atoms with E-state index in [4.69, 9.17) is 16.3 Å². The number of benzene rings is 2. The van der Waals surface area contributed by atoms with Crippen LogP contribution in [0.3, 0.4) is 0 Å². The summed E-state index contributed by atoms with van der Waals surface area (Å²) < 4.78 is 5.55. The zero-order chi connectivity index (χ0) is 14.8. The molecule has 1 unspecified atom stereocenters. The Balaban J connectivity index is 1.83. The molecule has 0 radical (unpaired) electrons. The number of carbonyl (C=O) groups is 1. The summed E-state index contributed by atoms with van der Waals surface area (Å²) in [5, 5.41) is 12.5. The molecule has 4 nitrogen and oxygen atoms in total. The third-order valence-electron chi connectivity index (χ3n) is 3.49. The lowest BCUT2D eigenvalue weighted by Crippen LogP contribution is -2.26. The van der Waals surface area contributed by atoms with E-state index in [-0.39, 0.29) is 17.6 Å². The van der Waals surface area contributed by atoms with Crippen molar-refractivity contribution in [2.75, 3.05) is 11.9 Å². The van der Waals surface area contributed by atoms with Crippen molar-refractivity contribution in [1.29, 1.82) is 0 Å².